The highest BCUT2D eigenvalue weighted by atomic mass is 16.5. The van der Waals surface area contributed by atoms with Crippen LogP contribution in [0.3, 0.4) is 0 Å². The molecule has 7 nitrogen and oxygen atoms in total. The fourth-order valence-corrected chi connectivity index (χ4v) is 2.12. The van der Waals surface area contributed by atoms with Crippen LogP contribution in [0.2, 0.25) is 0 Å². The van der Waals surface area contributed by atoms with E-state index >= 15 is 0 Å². The Labute approximate surface area is 119 Å². The zero-order valence-electron chi connectivity index (χ0n) is 10.8. The zero-order chi connectivity index (χ0) is 14.8. The summed E-state index contributed by atoms with van der Waals surface area (Å²) >= 11 is 0. The lowest BCUT2D eigenvalue weighted by molar-refractivity contribution is -0.122. The van der Waals surface area contributed by atoms with Gasteiger partial charge in [0, 0.05) is 6.42 Å². The smallest absolute Gasteiger partial charge is 0.268 e. The van der Waals surface area contributed by atoms with Gasteiger partial charge in [-0.2, -0.15) is 10.5 Å². The summed E-state index contributed by atoms with van der Waals surface area (Å²) in [5.41, 5.74) is 0.930. The highest BCUT2D eigenvalue weighted by Gasteiger charge is 2.29. The summed E-state index contributed by atoms with van der Waals surface area (Å²) in [5, 5.41) is 20.1. The molecule has 0 saturated carbocycles. The average molecular weight is 279 g/mol. The maximum absolute atomic E-state index is 12.1. The Bertz CT molecular complexity index is 740. The van der Waals surface area contributed by atoms with Crippen LogP contribution in [0.25, 0.3) is 0 Å². The van der Waals surface area contributed by atoms with Crippen molar-refractivity contribution >= 4 is 11.9 Å². The number of nitriles is 2. The normalized spacial score (nSPS) is 15.4. The third-order valence-electron chi connectivity index (χ3n) is 3.10. The van der Waals surface area contributed by atoms with Gasteiger partial charge in [-0.3, -0.25) is 10.1 Å². The maximum Gasteiger partial charge on any atom is 0.268 e. The maximum atomic E-state index is 12.1. The summed E-state index contributed by atoms with van der Waals surface area (Å²) in [6.07, 6.45) is -0.178. The number of hydrogen-bond acceptors (Lipinski definition) is 5. The van der Waals surface area contributed by atoms with Crippen molar-refractivity contribution in [2.24, 2.45) is 0 Å². The molecule has 1 atom stereocenters. The molecule has 0 unspecified atom stereocenters. The molecule has 2 aromatic rings. The Morgan fingerprint density at radius 1 is 1.38 bits per heavy atom. The number of aromatic nitrogens is 2. The first-order valence-corrected chi connectivity index (χ1v) is 6.17. The van der Waals surface area contributed by atoms with Crippen LogP contribution in [0, 0.1) is 22.7 Å². The number of nitrogens with zero attached hydrogens (tertiary/aromatic N) is 3. The summed E-state index contributed by atoms with van der Waals surface area (Å²) in [7, 11) is 0. The minimum Gasteiger partial charge on any atom is -0.480 e. The Hall–Kier alpha value is -3.32. The number of anilines is 1. The number of carbonyl (C=O) groups is 1. The highest BCUT2D eigenvalue weighted by molar-refractivity contribution is 5.93. The summed E-state index contributed by atoms with van der Waals surface area (Å²) in [6, 6.07) is 11.0. The van der Waals surface area contributed by atoms with Crippen LogP contribution >= 0.6 is 0 Å². The van der Waals surface area contributed by atoms with Gasteiger partial charge in [0.05, 0.1) is 0 Å². The van der Waals surface area contributed by atoms with Gasteiger partial charge >= 0.3 is 0 Å². The summed E-state index contributed by atoms with van der Waals surface area (Å²) in [6.45, 7) is 0. The number of nitrogens with one attached hydrogen (secondary N) is 2. The minimum absolute atomic E-state index is 0.0171. The predicted octanol–water partition coefficient (Wildman–Crippen LogP) is 1.10. The van der Waals surface area contributed by atoms with Gasteiger partial charge in [-0.05, 0) is 11.6 Å². The lowest BCUT2D eigenvalue weighted by atomic mass is 10.1. The van der Waals surface area contributed by atoms with Gasteiger partial charge in [-0.15, -0.1) is 0 Å². The molecule has 7 heteroatoms. The lowest BCUT2D eigenvalue weighted by Crippen LogP contribution is -2.31. The second-order valence-corrected chi connectivity index (χ2v) is 4.44. The van der Waals surface area contributed by atoms with E-state index < -0.39 is 6.10 Å². The number of ether oxygens (including phenoxy) is 1. The molecule has 1 aromatic carbocycles. The third kappa shape index (κ3) is 2.28. The van der Waals surface area contributed by atoms with Crippen LogP contribution in [0.5, 0.6) is 5.75 Å². The quantitative estimate of drug-likeness (QED) is 0.854. The molecule has 0 saturated heterocycles. The summed E-state index contributed by atoms with van der Waals surface area (Å²) < 4.78 is 5.55. The van der Waals surface area contributed by atoms with Crippen LogP contribution in [0.15, 0.2) is 24.3 Å². The number of benzene rings is 1. The second kappa shape index (κ2) is 4.99. The monoisotopic (exact) mass is 279 g/mol. The molecule has 2 heterocycles. The molecule has 1 aliphatic heterocycles. The first kappa shape index (κ1) is 12.7. The molecule has 0 fully saturated rings. The van der Waals surface area contributed by atoms with Gasteiger partial charge in [0.1, 0.15) is 17.9 Å². The Balaban J connectivity index is 1.73. The molecule has 2 N–H and O–H groups in total. The lowest BCUT2D eigenvalue weighted by Gasteiger charge is -2.09. The molecular weight excluding hydrogens is 270 g/mol. The number of para-hydroxylation sites is 1. The SMILES string of the molecule is N#Cc1nc(NC(=O)[C@@H]2Cc3ccccc3O2)[nH]c1C#N. The molecular formula is C14H9N5O2. The topological polar surface area (TPSA) is 115 Å². The molecule has 1 aromatic heterocycles. The van der Waals surface area contributed by atoms with Crippen molar-refractivity contribution in [2.75, 3.05) is 5.32 Å². The van der Waals surface area contributed by atoms with Gasteiger partial charge in [-0.25, -0.2) is 4.98 Å². The minimum atomic E-state index is -0.649. The van der Waals surface area contributed by atoms with Crippen LogP contribution in [-0.2, 0) is 11.2 Å². The van der Waals surface area contributed by atoms with Crippen LogP contribution in [-0.4, -0.2) is 22.0 Å². The van der Waals surface area contributed by atoms with E-state index in [-0.39, 0.29) is 23.2 Å². The molecule has 0 radical (unpaired) electrons. The van der Waals surface area contributed by atoms with Crippen LogP contribution < -0.4 is 10.1 Å². The van der Waals surface area contributed by atoms with Crippen molar-refractivity contribution in [3.63, 3.8) is 0 Å². The van der Waals surface area contributed by atoms with Crippen LogP contribution in [0.4, 0.5) is 5.95 Å². The van der Waals surface area contributed by atoms with Gasteiger partial charge in [0.2, 0.25) is 5.95 Å². The predicted molar refractivity (Wildman–Crippen MR) is 71.2 cm³/mol. The first-order valence-electron chi connectivity index (χ1n) is 6.17. The van der Waals surface area contributed by atoms with Gasteiger partial charge in [0.15, 0.2) is 17.5 Å². The molecule has 3 rings (SSSR count). The first-order chi connectivity index (χ1) is 10.2. The number of imidazole rings is 1. The Morgan fingerprint density at radius 3 is 2.86 bits per heavy atom. The van der Waals surface area contributed by atoms with Crippen molar-refractivity contribution in [3.8, 4) is 17.9 Å². The van der Waals surface area contributed by atoms with Crippen LogP contribution in [0.1, 0.15) is 17.0 Å². The van der Waals surface area contributed by atoms with E-state index in [4.69, 9.17) is 15.3 Å². The van der Waals surface area contributed by atoms with E-state index in [1.165, 1.54) is 0 Å². The fraction of sp³-hybridized carbons (Fsp3) is 0.143. The molecule has 0 aliphatic carbocycles. The molecule has 0 spiro atoms. The van der Waals surface area contributed by atoms with E-state index in [1.54, 1.807) is 18.2 Å². The van der Waals surface area contributed by atoms with E-state index in [0.717, 1.165) is 5.56 Å². The van der Waals surface area contributed by atoms with Crippen molar-refractivity contribution in [1.82, 2.24) is 9.97 Å². The molecule has 1 aliphatic rings. The third-order valence-corrected chi connectivity index (χ3v) is 3.10. The van der Waals surface area contributed by atoms with Crippen molar-refractivity contribution in [3.05, 3.63) is 41.2 Å². The van der Waals surface area contributed by atoms with Gasteiger partial charge in [-0.1, -0.05) is 18.2 Å². The fourth-order valence-electron chi connectivity index (χ4n) is 2.12. The van der Waals surface area contributed by atoms with Crippen molar-refractivity contribution in [1.29, 1.82) is 10.5 Å². The molecule has 0 bridgehead atoms. The molecule has 21 heavy (non-hydrogen) atoms. The van der Waals surface area contributed by atoms with Gasteiger partial charge < -0.3 is 9.72 Å². The van der Waals surface area contributed by atoms with E-state index in [2.05, 4.69) is 15.3 Å². The second-order valence-electron chi connectivity index (χ2n) is 4.44. The molecule has 1 amide bonds. The number of fused-ring (bicyclic) bond motifs is 1. The zero-order valence-corrected chi connectivity index (χ0v) is 10.8. The number of H-pyrrole nitrogens is 1. The molecule has 102 valence electrons. The van der Waals surface area contributed by atoms with Crippen molar-refractivity contribution in [2.45, 2.75) is 12.5 Å². The summed E-state index contributed by atoms with van der Waals surface area (Å²) in [4.78, 5) is 18.5. The number of rotatable bonds is 2. The van der Waals surface area contributed by atoms with E-state index in [1.807, 2.05) is 18.2 Å². The number of aromatic amines is 1. The van der Waals surface area contributed by atoms with Crippen molar-refractivity contribution < 1.29 is 9.53 Å². The van der Waals surface area contributed by atoms with Gasteiger partial charge in [0.25, 0.3) is 5.91 Å². The Kier molecular flexibility index (Phi) is 3.02. The Morgan fingerprint density at radius 2 is 2.19 bits per heavy atom. The largest absolute Gasteiger partial charge is 0.480 e. The average Bonchev–Trinajstić information content (AvgIpc) is 3.09. The number of hydrogen-bond donors (Lipinski definition) is 2. The van der Waals surface area contributed by atoms with E-state index in [0.29, 0.717) is 12.2 Å². The standard InChI is InChI=1S/C14H9N5O2/c15-6-9-10(7-16)18-14(17-9)19-13(20)12-5-8-3-1-2-4-11(8)21-12/h1-4,12H,5H2,(H2,17,18,19,20)/t12-/m0/s1. The highest BCUT2D eigenvalue weighted by Crippen LogP contribution is 2.28. The number of amides is 1. The van der Waals surface area contributed by atoms with E-state index in [9.17, 15) is 4.79 Å². The number of carbonyl (C=O) groups excluding carboxylic acids is 1. The summed E-state index contributed by atoms with van der Waals surface area (Å²) in [5.74, 6) is 0.370.